The summed E-state index contributed by atoms with van der Waals surface area (Å²) in [5.41, 5.74) is -0.322. The average molecular weight is 546 g/mol. The van der Waals surface area contributed by atoms with E-state index in [-0.39, 0.29) is 16.5 Å². The second-order valence-electron chi connectivity index (χ2n) is 6.69. The summed E-state index contributed by atoms with van der Waals surface area (Å²) in [6.45, 7) is 0. The van der Waals surface area contributed by atoms with Gasteiger partial charge in [-0.1, -0.05) is 39.3 Å². The largest absolute Gasteiger partial charge is 0.453 e. The van der Waals surface area contributed by atoms with Gasteiger partial charge in [-0.15, -0.1) is 10.2 Å². The number of halogens is 5. The summed E-state index contributed by atoms with van der Waals surface area (Å²) in [4.78, 5) is 12.3. The van der Waals surface area contributed by atoms with Crippen molar-refractivity contribution in [2.75, 3.05) is 11.1 Å². The zero-order valence-electron chi connectivity index (χ0n) is 16.2. The van der Waals surface area contributed by atoms with Crippen LogP contribution in [0.2, 0.25) is 5.02 Å². The lowest BCUT2D eigenvalue weighted by molar-refractivity contribution is -0.137. The van der Waals surface area contributed by atoms with Crippen molar-refractivity contribution in [2.24, 2.45) is 7.05 Å². The molecule has 0 unspecified atom stereocenters. The van der Waals surface area contributed by atoms with Gasteiger partial charge in [0.05, 0.1) is 22.0 Å². The number of hydrogen-bond donors (Lipinski definition) is 1. The molecule has 0 saturated heterocycles. The predicted molar refractivity (Wildman–Crippen MR) is 120 cm³/mol. The number of furan rings is 1. The molecule has 0 saturated carbocycles. The number of alkyl halides is 3. The number of fused-ring (bicyclic) bond motifs is 1. The minimum absolute atomic E-state index is 0.00816. The highest BCUT2D eigenvalue weighted by molar-refractivity contribution is 9.10. The highest BCUT2D eigenvalue weighted by Gasteiger charge is 2.31. The molecule has 0 radical (unpaired) electrons. The molecule has 0 fully saturated rings. The van der Waals surface area contributed by atoms with Gasteiger partial charge < -0.3 is 14.3 Å². The number of benzene rings is 2. The van der Waals surface area contributed by atoms with Gasteiger partial charge in [-0.25, -0.2) is 0 Å². The molecule has 12 heteroatoms. The molecule has 6 nitrogen and oxygen atoms in total. The van der Waals surface area contributed by atoms with E-state index >= 15 is 0 Å². The van der Waals surface area contributed by atoms with Crippen LogP contribution < -0.4 is 5.32 Å². The third-order valence-corrected chi connectivity index (χ3v) is 6.28. The van der Waals surface area contributed by atoms with Crippen LogP contribution in [0.4, 0.5) is 18.9 Å². The number of hydrogen-bond acceptors (Lipinski definition) is 5. The maximum atomic E-state index is 12.9. The topological polar surface area (TPSA) is 73.0 Å². The molecule has 0 aliphatic rings. The molecule has 1 N–H and O–H groups in total. The normalized spacial score (nSPS) is 11.8. The molecule has 2 heterocycles. The average Bonchev–Trinajstić information content (AvgIpc) is 3.29. The molecular formula is C20H13BrClF3N4O2S. The first-order valence-corrected chi connectivity index (χ1v) is 11.2. The van der Waals surface area contributed by atoms with Crippen molar-refractivity contribution < 1.29 is 22.4 Å². The van der Waals surface area contributed by atoms with E-state index < -0.39 is 17.6 Å². The first kappa shape index (κ1) is 22.7. The Morgan fingerprint density at radius 1 is 1.22 bits per heavy atom. The Hall–Kier alpha value is -2.50. The summed E-state index contributed by atoms with van der Waals surface area (Å²) in [5, 5.41) is 11.9. The second-order valence-corrected chi connectivity index (χ2v) is 8.95. The number of aromatic nitrogens is 3. The highest BCUT2D eigenvalue weighted by atomic mass is 79.9. The maximum Gasteiger partial charge on any atom is 0.416 e. The quantitative estimate of drug-likeness (QED) is 0.294. The van der Waals surface area contributed by atoms with E-state index in [2.05, 4.69) is 31.4 Å². The van der Waals surface area contributed by atoms with E-state index in [0.717, 1.165) is 39.8 Å². The summed E-state index contributed by atoms with van der Waals surface area (Å²) < 4.78 is 47.1. The van der Waals surface area contributed by atoms with Gasteiger partial charge in [0.2, 0.25) is 5.91 Å². The zero-order chi connectivity index (χ0) is 23.0. The third kappa shape index (κ3) is 4.79. The Kier molecular flexibility index (Phi) is 6.24. The number of amides is 1. The molecule has 0 aliphatic heterocycles. The Morgan fingerprint density at radius 2 is 2.00 bits per heavy atom. The van der Waals surface area contributed by atoms with Crippen LogP contribution in [0.5, 0.6) is 0 Å². The van der Waals surface area contributed by atoms with Gasteiger partial charge in [-0.3, -0.25) is 4.79 Å². The molecule has 166 valence electrons. The highest BCUT2D eigenvalue weighted by Crippen LogP contribution is 2.34. The summed E-state index contributed by atoms with van der Waals surface area (Å²) in [5.74, 6) is 0.349. The van der Waals surface area contributed by atoms with Crippen molar-refractivity contribution >= 4 is 61.9 Å². The van der Waals surface area contributed by atoms with E-state index in [4.69, 9.17) is 16.0 Å². The van der Waals surface area contributed by atoms with Crippen LogP contribution in [0.15, 0.2) is 56.5 Å². The minimum atomic E-state index is -4.54. The molecule has 2 aromatic carbocycles. The number of anilines is 1. The Bertz CT molecular complexity index is 1320. The number of nitrogens with zero attached hydrogens (tertiary/aromatic N) is 3. The molecule has 0 spiro atoms. The summed E-state index contributed by atoms with van der Waals surface area (Å²) in [6.07, 6.45) is -4.54. The van der Waals surface area contributed by atoms with Crippen LogP contribution in [0.25, 0.3) is 22.6 Å². The first-order valence-electron chi connectivity index (χ1n) is 9.00. The van der Waals surface area contributed by atoms with Crippen LogP contribution in [-0.2, 0) is 18.0 Å². The molecule has 0 aliphatic carbocycles. The third-order valence-electron chi connectivity index (χ3n) is 4.43. The fourth-order valence-corrected chi connectivity index (χ4v) is 4.15. The molecular weight excluding hydrogens is 533 g/mol. The van der Waals surface area contributed by atoms with Gasteiger partial charge in [0.25, 0.3) is 0 Å². The minimum Gasteiger partial charge on any atom is -0.453 e. The lowest BCUT2D eigenvalue weighted by Crippen LogP contribution is -2.16. The van der Waals surface area contributed by atoms with Crippen molar-refractivity contribution in [3.05, 3.63) is 57.5 Å². The number of thioether (sulfide) groups is 1. The van der Waals surface area contributed by atoms with Gasteiger partial charge in [0, 0.05) is 16.9 Å². The smallest absolute Gasteiger partial charge is 0.416 e. The van der Waals surface area contributed by atoms with Crippen molar-refractivity contribution in [3.8, 4) is 11.6 Å². The molecule has 2 aromatic heterocycles. The SMILES string of the molecule is Cn1c(SCC(=O)Nc2cc(C(F)(F)F)ccc2Cl)nnc1-c1cc2cc(Br)ccc2o1. The van der Waals surface area contributed by atoms with Crippen LogP contribution in [0.3, 0.4) is 0 Å². The number of rotatable bonds is 5. The summed E-state index contributed by atoms with van der Waals surface area (Å²) in [7, 11) is 1.72. The van der Waals surface area contributed by atoms with Gasteiger partial charge in [0.15, 0.2) is 16.7 Å². The van der Waals surface area contributed by atoms with E-state index in [1.807, 2.05) is 24.3 Å². The van der Waals surface area contributed by atoms with Crippen molar-refractivity contribution in [3.63, 3.8) is 0 Å². The van der Waals surface area contributed by atoms with E-state index in [9.17, 15) is 18.0 Å². The van der Waals surface area contributed by atoms with Crippen molar-refractivity contribution in [1.82, 2.24) is 14.8 Å². The maximum absolute atomic E-state index is 12.9. The zero-order valence-corrected chi connectivity index (χ0v) is 19.4. The second kappa shape index (κ2) is 8.80. The van der Waals surface area contributed by atoms with Crippen LogP contribution in [0, 0.1) is 0 Å². The van der Waals surface area contributed by atoms with Gasteiger partial charge in [0.1, 0.15) is 5.58 Å². The van der Waals surface area contributed by atoms with Crippen molar-refractivity contribution in [1.29, 1.82) is 0 Å². The van der Waals surface area contributed by atoms with E-state index in [0.29, 0.717) is 22.3 Å². The van der Waals surface area contributed by atoms with Gasteiger partial charge in [-0.2, -0.15) is 13.2 Å². The predicted octanol–water partition coefficient (Wildman–Crippen LogP) is 6.39. The van der Waals surface area contributed by atoms with Gasteiger partial charge in [-0.05, 0) is 42.5 Å². The molecule has 0 atom stereocenters. The number of nitrogens with one attached hydrogen (secondary N) is 1. The molecule has 0 bridgehead atoms. The van der Waals surface area contributed by atoms with E-state index in [1.54, 1.807) is 11.6 Å². The van der Waals surface area contributed by atoms with Crippen LogP contribution in [-0.4, -0.2) is 26.4 Å². The van der Waals surface area contributed by atoms with Crippen LogP contribution >= 0.6 is 39.3 Å². The fourth-order valence-electron chi connectivity index (χ4n) is 2.89. The van der Waals surface area contributed by atoms with Crippen molar-refractivity contribution in [2.45, 2.75) is 11.3 Å². The summed E-state index contributed by atoms with van der Waals surface area (Å²) in [6, 6.07) is 10.2. The molecule has 4 aromatic rings. The molecule has 4 rings (SSSR count). The Balaban J connectivity index is 1.46. The van der Waals surface area contributed by atoms with Gasteiger partial charge >= 0.3 is 6.18 Å². The Morgan fingerprint density at radius 3 is 2.75 bits per heavy atom. The standard InChI is InChI=1S/C20H13BrClF3N4O2S/c1-29-18(16-7-10-6-12(21)3-5-15(10)31-16)27-28-19(29)32-9-17(30)26-14-8-11(20(23,24)25)2-4-13(14)22/h2-8H,9H2,1H3,(H,26,30). The number of carbonyl (C=O) groups is 1. The first-order chi connectivity index (χ1) is 15.1. The number of carbonyl (C=O) groups excluding carboxylic acids is 1. The van der Waals surface area contributed by atoms with Crippen LogP contribution in [0.1, 0.15) is 5.56 Å². The molecule has 32 heavy (non-hydrogen) atoms. The Labute approximate surface area is 197 Å². The lowest BCUT2D eigenvalue weighted by atomic mass is 10.2. The lowest BCUT2D eigenvalue weighted by Gasteiger charge is -2.11. The monoisotopic (exact) mass is 544 g/mol. The fraction of sp³-hybridized carbons (Fsp3) is 0.150. The molecule has 1 amide bonds. The van der Waals surface area contributed by atoms with E-state index in [1.165, 1.54) is 0 Å². The summed E-state index contributed by atoms with van der Waals surface area (Å²) >= 11 is 10.4.